The molecule has 32 heavy (non-hydrogen) atoms. The molecule has 0 radical (unpaired) electrons. The lowest BCUT2D eigenvalue weighted by molar-refractivity contribution is -0.419. The number of nitrogens with one attached hydrogen (secondary N) is 3. The van der Waals surface area contributed by atoms with E-state index in [1.54, 1.807) is 12.1 Å². The second kappa shape index (κ2) is 10.5. The lowest BCUT2D eigenvalue weighted by Crippen LogP contribution is -2.31. The van der Waals surface area contributed by atoms with Crippen molar-refractivity contribution in [1.29, 1.82) is 0 Å². The van der Waals surface area contributed by atoms with Crippen molar-refractivity contribution in [2.24, 2.45) is 0 Å². The van der Waals surface area contributed by atoms with Crippen LogP contribution in [0, 0.1) is 24.0 Å². The number of carbonyl (C=O) groups excluding carboxylic acids is 2. The number of anilines is 2. The van der Waals surface area contributed by atoms with Gasteiger partial charge in [-0.15, -0.1) is 0 Å². The average Bonchev–Trinajstić information content (AvgIpc) is 2.71. The zero-order chi connectivity index (χ0) is 23.9. The van der Waals surface area contributed by atoms with Crippen molar-refractivity contribution in [1.82, 2.24) is 5.32 Å². The van der Waals surface area contributed by atoms with Crippen molar-refractivity contribution in [3.8, 4) is 0 Å². The van der Waals surface area contributed by atoms with Crippen molar-refractivity contribution in [2.45, 2.75) is 32.1 Å². The van der Waals surface area contributed by atoms with Crippen molar-refractivity contribution in [3.05, 3.63) is 75.5 Å². The van der Waals surface area contributed by atoms with Gasteiger partial charge in [-0.2, -0.15) is 0 Å². The minimum Gasteiger partial charge on any atom is -0.346 e. The summed E-state index contributed by atoms with van der Waals surface area (Å²) in [5.41, 5.74) is 1.86. The molecule has 0 unspecified atom stereocenters. The van der Waals surface area contributed by atoms with E-state index >= 15 is 0 Å². The van der Waals surface area contributed by atoms with Gasteiger partial charge in [-0.05, 0) is 62.2 Å². The SMILES string of the molecule is CC=C(C(=O)NCCC(=O)Nc1cccc(S(=O)(=O)Nc2cccc(C)c2C)c1)[N+](=O)[O-]. The highest BCUT2D eigenvalue weighted by atomic mass is 32.2. The normalized spacial score (nSPS) is 11.5. The lowest BCUT2D eigenvalue weighted by Gasteiger charge is -2.13. The van der Waals surface area contributed by atoms with E-state index in [4.69, 9.17) is 0 Å². The maximum Gasteiger partial charge on any atom is 0.329 e. The predicted molar refractivity (Wildman–Crippen MR) is 120 cm³/mol. The zero-order valence-electron chi connectivity index (χ0n) is 17.8. The molecule has 3 N–H and O–H groups in total. The fraction of sp³-hybridized carbons (Fsp3) is 0.238. The molecule has 0 aliphatic heterocycles. The summed E-state index contributed by atoms with van der Waals surface area (Å²) in [5.74, 6) is -1.39. The minimum absolute atomic E-state index is 0.0341. The van der Waals surface area contributed by atoms with Gasteiger partial charge >= 0.3 is 11.6 Å². The van der Waals surface area contributed by atoms with Gasteiger partial charge in [0.1, 0.15) is 0 Å². The summed E-state index contributed by atoms with van der Waals surface area (Å²) in [5, 5.41) is 15.6. The first-order valence-electron chi connectivity index (χ1n) is 9.63. The third-order valence-electron chi connectivity index (χ3n) is 4.62. The van der Waals surface area contributed by atoms with E-state index in [0.717, 1.165) is 17.2 Å². The van der Waals surface area contributed by atoms with Gasteiger partial charge in [-0.25, -0.2) is 8.42 Å². The number of amides is 2. The minimum atomic E-state index is -3.89. The maximum atomic E-state index is 12.8. The van der Waals surface area contributed by atoms with Crippen LogP contribution >= 0.6 is 0 Å². The first kappa shape index (κ1) is 24.5. The molecule has 0 aliphatic carbocycles. The number of rotatable bonds is 9. The molecule has 0 aliphatic rings. The molecule has 2 rings (SSSR count). The Morgan fingerprint density at radius 2 is 1.81 bits per heavy atom. The van der Waals surface area contributed by atoms with Gasteiger partial charge in [0, 0.05) is 18.7 Å². The highest BCUT2D eigenvalue weighted by Crippen LogP contribution is 2.23. The zero-order valence-corrected chi connectivity index (χ0v) is 18.7. The molecule has 170 valence electrons. The maximum absolute atomic E-state index is 12.8. The molecule has 2 aromatic rings. The van der Waals surface area contributed by atoms with Crippen molar-refractivity contribution >= 4 is 33.2 Å². The Morgan fingerprint density at radius 1 is 1.12 bits per heavy atom. The number of hydrogen-bond donors (Lipinski definition) is 3. The summed E-state index contributed by atoms with van der Waals surface area (Å²) in [6.07, 6.45) is 0.909. The molecule has 0 saturated carbocycles. The molecule has 2 amide bonds. The molecule has 0 aromatic heterocycles. The summed E-state index contributed by atoms with van der Waals surface area (Å²) in [7, 11) is -3.89. The number of nitrogens with zero attached hydrogens (tertiary/aromatic N) is 1. The van der Waals surface area contributed by atoms with E-state index in [2.05, 4.69) is 15.4 Å². The molecule has 0 spiro atoms. The first-order valence-corrected chi connectivity index (χ1v) is 11.1. The number of allylic oxidation sites excluding steroid dienone is 1. The Balaban J connectivity index is 2.01. The van der Waals surface area contributed by atoms with E-state index in [1.165, 1.54) is 31.2 Å². The highest BCUT2D eigenvalue weighted by molar-refractivity contribution is 7.92. The molecule has 0 fully saturated rings. The standard InChI is InChI=1S/C21H24N4O6S/c1-4-19(25(28)29)21(27)22-12-11-20(26)23-16-8-6-9-17(13-16)32(30,31)24-18-10-5-7-14(2)15(18)3/h4-10,13,24H,11-12H2,1-3H3,(H,22,27)(H,23,26). The molecular weight excluding hydrogens is 436 g/mol. The smallest absolute Gasteiger partial charge is 0.329 e. The van der Waals surface area contributed by atoms with E-state index in [9.17, 15) is 28.1 Å². The number of carbonyl (C=O) groups is 2. The highest BCUT2D eigenvalue weighted by Gasteiger charge is 2.20. The number of benzene rings is 2. The third-order valence-corrected chi connectivity index (χ3v) is 5.98. The van der Waals surface area contributed by atoms with Gasteiger partial charge in [0.2, 0.25) is 5.91 Å². The fourth-order valence-corrected chi connectivity index (χ4v) is 3.90. The second-order valence-electron chi connectivity index (χ2n) is 6.87. The predicted octanol–water partition coefficient (Wildman–Crippen LogP) is 2.73. The quantitative estimate of drug-likeness (QED) is 0.298. The summed E-state index contributed by atoms with van der Waals surface area (Å²) >= 11 is 0. The summed E-state index contributed by atoms with van der Waals surface area (Å²) in [6, 6.07) is 11.0. The molecule has 0 saturated heterocycles. The van der Waals surface area contributed by atoms with Crippen LogP contribution in [0.15, 0.2) is 59.1 Å². The number of sulfonamides is 1. The van der Waals surface area contributed by atoms with Crippen LogP contribution in [0.5, 0.6) is 0 Å². The molecular formula is C21H24N4O6S. The average molecular weight is 461 g/mol. The van der Waals surface area contributed by atoms with Crippen molar-refractivity contribution < 1.29 is 22.9 Å². The number of nitro groups is 1. The third kappa shape index (κ3) is 6.38. The van der Waals surface area contributed by atoms with E-state index < -0.39 is 32.5 Å². The molecule has 2 aromatic carbocycles. The van der Waals surface area contributed by atoms with Gasteiger partial charge in [0.25, 0.3) is 10.0 Å². The number of aryl methyl sites for hydroxylation is 1. The van der Waals surface area contributed by atoms with E-state index in [-0.39, 0.29) is 23.5 Å². The summed E-state index contributed by atoms with van der Waals surface area (Å²) < 4.78 is 28.1. The van der Waals surface area contributed by atoms with Crippen LogP contribution in [-0.2, 0) is 19.6 Å². The van der Waals surface area contributed by atoms with Crippen LogP contribution in [-0.4, -0.2) is 31.7 Å². The van der Waals surface area contributed by atoms with E-state index in [0.29, 0.717) is 5.69 Å². The monoisotopic (exact) mass is 460 g/mol. The Morgan fingerprint density at radius 3 is 2.47 bits per heavy atom. The molecule has 0 atom stereocenters. The summed E-state index contributed by atoms with van der Waals surface area (Å²) in [6.45, 7) is 4.93. The number of hydrogen-bond acceptors (Lipinski definition) is 6. The second-order valence-corrected chi connectivity index (χ2v) is 8.55. The van der Waals surface area contributed by atoms with Gasteiger partial charge in [0.15, 0.2) is 0 Å². The lowest BCUT2D eigenvalue weighted by atomic mass is 10.1. The van der Waals surface area contributed by atoms with Gasteiger partial charge < -0.3 is 10.6 Å². The fourth-order valence-electron chi connectivity index (χ4n) is 2.73. The molecule has 0 heterocycles. The molecule has 11 heteroatoms. The topological polar surface area (TPSA) is 148 Å². The van der Waals surface area contributed by atoms with E-state index in [1.807, 2.05) is 19.9 Å². The van der Waals surface area contributed by atoms with Crippen LogP contribution in [0.2, 0.25) is 0 Å². The Hall–Kier alpha value is -3.73. The van der Waals surface area contributed by atoms with Crippen LogP contribution < -0.4 is 15.4 Å². The van der Waals surface area contributed by atoms with Crippen LogP contribution in [0.3, 0.4) is 0 Å². The van der Waals surface area contributed by atoms with Crippen LogP contribution in [0.25, 0.3) is 0 Å². The van der Waals surface area contributed by atoms with Crippen LogP contribution in [0.1, 0.15) is 24.5 Å². The Kier molecular flexibility index (Phi) is 8.08. The van der Waals surface area contributed by atoms with Gasteiger partial charge in [-0.3, -0.25) is 24.4 Å². The molecule has 0 bridgehead atoms. The van der Waals surface area contributed by atoms with Crippen molar-refractivity contribution in [2.75, 3.05) is 16.6 Å². The van der Waals surface area contributed by atoms with Gasteiger partial charge in [0.05, 0.1) is 15.5 Å². The summed E-state index contributed by atoms with van der Waals surface area (Å²) in [4.78, 5) is 33.7. The Labute approximate surface area is 185 Å². The Bertz CT molecular complexity index is 1170. The largest absolute Gasteiger partial charge is 0.346 e. The van der Waals surface area contributed by atoms with Crippen LogP contribution in [0.4, 0.5) is 11.4 Å². The van der Waals surface area contributed by atoms with Gasteiger partial charge in [-0.1, -0.05) is 18.2 Å². The first-order chi connectivity index (χ1) is 15.0. The van der Waals surface area contributed by atoms with Crippen molar-refractivity contribution in [3.63, 3.8) is 0 Å². The molecule has 10 nitrogen and oxygen atoms in total.